The van der Waals surface area contributed by atoms with Gasteiger partial charge in [-0.2, -0.15) is 0 Å². The molecule has 10 heteroatoms. The summed E-state index contributed by atoms with van der Waals surface area (Å²) in [4.78, 5) is 13.7. The molecule has 1 saturated heterocycles. The molecule has 0 saturated carbocycles. The molecule has 0 spiro atoms. The first kappa shape index (κ1) is 29.0. The molecule has 0 radical (unpaired) electrons. The fraction of sp³-hybridized carbons (Fsp3) is 0.333. The Hall–Kier alpha value is -4.05. The van der Waals surface area contributed by atoms with E-state index in [4.69, 9.17) is 16.3 Å². The van der Waals surface area contributed by atoms with E-state index in [0.717, 1.165) is 66.3 Å². The van der Waals surface area contributed by atoms with E-state index in [0.29, 0.717) is 23.2 Å². The van der Waals surface area contributed by atoms with E-state index in [2.05, 4.69) is 87.5 Å². The third-order valence-electron chi connectivity index (χ3n) is 7.81. The standard InChI is InChI=1S/C33H37ClN8O/c1-33(2,3)24-7-5-23(6-8-24)21-43-31-12-9-25(17-29(31)34)37-32-28-18-27(10-11-30(28)35-22-36-32)42-20-26(38-39-42)19-41-15-13-40(4)14-16-41/h5-12,17-18,20,22H,13-16,19,21H2,1-4H3,(H,35,36,37). The van der Waals surface area contributed by atoms with Crippen LogP contribution in [0.3, 0.4) is 0 Å². The Balaban J connectivity index is 1.14. The molecule has 2 aromatic heterocycles. The summed E-state index contributed by atoms with van der Waals surface area (Å²) in [7, 11) is 2.16. The Kier molecular flexibility index (Phi) is 8.30. The Morgan fingerprint density at radius 1 is 0.930 bits per heavy atom. The van der Waals surface area contributed by atoms with E-state index in [1.807, 2.05) is 42.6 Å². The normalized spacial score (nSPS) is 14.7. The number of piperazine rings is 1. The minimum atomic E-state index is 0.118. The fourth-order valence-corrected chi connectivity index (χ4v) is 5.35. The van der Waals surface area contributed by atoms with E-state index in [1.54, 1.807) is 11.0 Å². The molecular weight excluding hydrogens is 560 g/mol. The van der Waals surface area contributed by atoms with Crippen molar-refractivity contribution in [2.24, 2.45) is 0 Å². The number of likely N-dealkylation sites (N-methyl/N-ethyl adjacent to an activating group) is 1. The fourth-order valence-electron chi connectivity index (χ4n) is 5.11. The zero-order valence-electron chi connectivity index (χ0n) is 25.1. The van der Waals surface area contributed by atoms with Gasteiger partial charge in [0.05, 0.1) is 28.1 Å². The summed E-state index contributed by atoms with van der Waals surface area (Å²) >= 11 is 6.63. The molecule has 0 unspecified atom stereocenters. The van der Waals surface area contributed by atoms with Gasteiger partial charge in [-0.3, -0.25) is 4.90 Å². The summed E-state index contributed by atoms with van der Waals surface area (Å²) < 4.78 is 7.84. The van der Waals surface area contributed by atoms with E-state index < -0.39 is 0 Å². The first-order valence-electron chi connectivity index (χ1n) is 14.6. The highest BCUT2D eigenvalue weighted by atomic mass is 35.5. The van der Waals surface area contributed by atoms with Gasteiger partial charge in [0.25, 0.3) is 0 Å². The summed E-state index contributed by atoms with van der Waals surface area (Å²) in [5.74, 6) is 1.30. The number of rotatable bonds is 8. The molecule has 0 amide bonds. The number of fused-ring (bicyclic) bond motifs is 1. The van der Waals surface area contributed by atoms with Crippen molar-refractivity contribution in [3.05, 3.63) is 95.0 Å². The van der Waals surface area contributed by atoms with Crippen LogP contribution in [0.1, 0.15) is 37.6 Å². The first-order valence-corrected chi connectivity index (χ1v) is 15.0. The quantitative estimate of drug-likeness (QED) is 0.226. The van der Waals surface area contributed by atoms with Gasteiger partial charge in [-0.1, -0.05) is 61.9 Å². The summed E-state index contributed by atoms with van der Waals surface area (Å²) in [6.45, 7) is 12.1. The molecule has 0 atom stereocenters. The summed E-state index contributed by atoms with van der Waals surface area (Å²) in [5, 5.41) is 13.6. The Bertz CT molecular complexity index is 1700. The largest absolute Gasteiger partial charge is 0.487 e. The minimum Gasteiger partial charge on any atom is -0.487 e. The van der Waals surface area contributed by atoms with Crippen LogP contribution >= 0.6 is 11.6 Å². The molecule has 1 fully saturated rings. The summed E-state index contributed by atoms with van der Waals surface area (Å²) in [5.41, 5.74) is 5.96. The first-order chi connectivity index (χ1) is 20.7. The van der Waals surface area contributed by atoms with Crippen LogP contribution in [0.4, 0.5) is 11.5 Å². The SMILES string of the molecule is CN1CCN(Cc2cn(-c3ccc4ncnc(Nc5ccc(OCc6ccc(C(C)(C)C)cc6)c(Cl)c5)c4c3)nn2)CC1. The zero-order chi connectivity index (χ0) is 30.0. The highest BCUT2D eigenvalue weighted by molar-refractivity contribution is 6.32. The van der Waals surface area contributed by atoms with Crippen molar-refractivity contribution >= 4 is 34.0 Å². The highest BCUT2D eigenvalue weighted by Crippen LogP contribution is 2.32. The molecule has 5 aromatic rings. The average molecular weight is 597 g/mol. The van der Waals surface area contributed by atoms with Crippen molar-refractivity contribution in [1.29, 1.82) is 0 Å². The molecular formula is C33H37ClN8O. The van der Waals surface area contributed by atoms with Gasteiger partial charge in [0.1, 0.15) is 24.5 Å². The molecule has 6 rings (SSSR count). The number of nitrogens with one attached hydrogen (secondary N) is 1. The number of nitrogens with zero attached hydrogens (tertiary/aromatic N) is 7. The van der Waals surface area contributed by atoms with E-state index in [1.165, 1.54) is 5.56 Å². The van der Waals surface area contributed by atoms with Gasteiger partial charge >= 0.3 is 0 Å². The zero-order valence-corrected chi connectivity index (χ0v) is 25.8. The second-order valence-electron chi connectivity index (χ2n) is 12.2. The lowest BCUT2D eigenvalue weighted by atomic mass is 9.87. The van der Waals surface area contributed by atoms with Gasteiger partial charge in [0, 0.05) is 43.8 Å². The van der Waals surface area contributed by atoms with Crippen LogP contribution in [0.2, 0.25) is 5.02 Å². The maximum atomic E-state index is 6.63. The van der Waals surface area contributed by atoms with Gasteiger partial charge in [0.15, 0.2) is 0 Å². The maximum Gasteiger partial charge on any atom is 0.141 e. The molecule has 1 aliphatic rings. The van der Waals surface area contributed by atoms with Crippen molar-refractivity contribution < 1.29 is 4.74 Å². The lowest BCUT2D eigenvalue weighted by Crippen LogP contribution is -2.43. The van der Waals surface area contributed by atoms with Gasteiger partial charge < -0.3 is 15.0 Å². The highest BCUT2D eigenvalue weighted by Gasteiger charge is 2.16. The molecule has 1 aliphatic heterocycles. The number of benzene rings is 3. The third-order valence-corrected chi connectivity index (χ3v) is 8.11. The number of halogens is 1. The second kappa shape index (κ2) is 12.3. The van der Waals surface area contributed by atoms with Crippen molar-refractivity contribution in [2.75, 3.05) is 38.5 Å². The number of anilines is 2. The van der Waals surface area contributed by atoms with Crippen LogP contribution < -0.4 is 10.1 Å². The van der Waals surface area contributed by atoms with E-state index in [9.17, 15) is 0 Å². The maximum absolute atomic E-state index is 6.63. The van der Waals surface area contributed by atoms with Crippen LogP contribution in [-0.2, 0) is 18.6 Å². The monoisotopic (exact) mass is 596 g/mol. The van der Waals surface area contributed by atoms with Gasteiger partial charge in [-0.25, -0.2) is 14.6 Å². The predicted molar refractivity (Wildman–Crippen MR) is 171 cm³/mol. The van der Waals surface area contributed by atoms with Crippen molar-refractivity contribution in [3.8, 4) is 11.4 Å². The smallest absolute Gasteiger partial charge is 0.141 e. The van der Waals surface area contributed by atoms with Gasteiger partial charge in [-0.15, -0.1) is 5.10 Å². The molecule has 9 nitrogen and oxygen atoms in total. The lowest BCUT2D eigenvalue weighted by molar-refractivity contribution is 0.147. The Morgan fingerprint density at radius 3 is 2.47 bits per heavy atom. The number of hydrogen-bond donors (Lipinski definition) is 1. The molecule has 222 valence electrons. The predicted octanol–water partition coefficient (Wildman–Crippen LogP) is 6.23. The number of hydrogen-bond acceptors (Lipinski definition) is 8. The molecule has 0 bridgehead atoms. The molecule has 43 heavy (non-hydrogen) atoms. The Morgan fingerprint density at radius 2 is 1.72 bits per heavy atom. The van der Waals surface area contributed by atoms with Gasteiger partial charge in [-0.05, 0) is 60.0 Å². The second-order valence-corrected chi connectivity index (χ2v) is 12.6. The summed E-state index contributed by atoms with van der Waals surface area (Å²) in [6.07, 6.45) is 3.55. The van der Waals surface area contributed by atoms with E-state index in [-0.39, 0.29) is 5.41 Å². The van der Waals surface area contributed by atoms with Crippen molar-refractivity contribution in [3.63, 3.8) is 0 Å². The van der Waals surface area contributed by atoms with Crippen LogP contribution in [0.25, 0.3) is 16.6 Å². The van der Waals surface area contributed by atoms with Crippen molar-refractivity contribution in [1.82, 2.24) is 34.8 Å². The van der Waals surface area contributed by atoms with Crippen LogP contribution in [0.15, 0.2) is 73.2 Å². The lowest BCUT2D eigenvalue weighted by Gasteiger charge is -2.31. The van der Waals surface area contributed by atoms with Crippen LogP contribution in [-0.4, -0.2) is 68.0 Å². The summed E-state index contributed by atoms with van der Waals surface area (Å²) in [6, 6.07) is 20.2. The topological polar surface area (TPSA) is 84.2 Å². The van der Waals surface area contributed by atoms with Crippen LogP contribution in [0, 0.1) is 0 Å². The molecule has 3 heterocycles. The van der Waals surface area contributed by atoms with Crippen LogP contribution in [0.5, 0.6) is 5.75 Å². The average Bonchev–Trinajstić information content (AvgIpc) is 3.46. The molecule has 0 aliphatic carbocycles. The van der Waals surface area contributed by atoms with E-state index >= 15 is 0 Å². The van der Waals surface area contributed by atoms with Gasteiger partial charge in [0.2, 0.25) is 0 Å². The number of ether oxygens (including phenoxy) is 1. The minimum absolute atomic E-state index is 0.118. The Labute approximate surface area is 257 Å². The molecule has 1 N–H and O–H groups in total. The number of aromatic nitrogens is 5. The third kappa shape index (κ3) is 6.96. The molecule has 3 aromatic carbocycles. The van der Waals surface area contributed by atoms with Crippen molar-refractivity contribution in [2.45, 2.75) is 39.3 Å².